The van der Waals surface area contributed by atoms with Gasteiger partial charge in [-0.3, -0.25) is 25.0 Å². The van der Waals surface area contributed by atoms with Crippen LogP contribution in [-0.2, 0) is 43.4 Å². The fourth-order valence-electron chi connectivity index (χ4n) is 6.54. The van der Waals surface area contributed by atoms with Crippen LogP contribution in [0.5, 0.6) is 0 Å². The number of esters is 1. The molecule has 0 saturated carbocycles. The number of hydrogen-bond donors (Lipinski definition) is 0. The predicted molar refractivity (Wildman–Crippen MR) is 187 cm³/mol. The van der Waals surface area contributed by atoms with Crippen LogP contribution in [0.3, 0.4) is 0 Å². The Hall–Kier alpha value is -4.92. The number of nitro groups is 2. The van der Waals surface area contributed by atoms with E-state index in [1.165, 1.54) is 30.7 Å². The Morgan fingerprint density at radius 1 is 0.725 bits per heavy atom. The Morgan fingerprint density at radius 2 is 1.31 bits per heavy atom. The van der Waals surface area contributed by atoms with E-state index in [1.807, 2.05) is 18.2 Å². The molecule has 0 aliphatic carbocycles. The fourth-order valence-corrected chi connectivity index (χ4v) is 6.54. The summed E-state index contributed by atoms with van der Waals surface area (Å²) in [4.78, 5) is 45.6. The van der Waals surface area contributed by atoms with Crippen molar-refractivity contribution in [3.63, 3.8) is 0 Å². The molecule has 274 valence electrons. The Kier molecular flexibility index (Phi) is 14.8. The minimum atomic E-state index is -0.963. The molecule has 1 atom stereocenters. The van der Waals surface area contributed by atoms with E-state index < -0.39 is 28.8 Å². The van der Waals surface area contributed by atoms with E-state index in [0.717, 1.165) is 66.7 Å². The average molecular weight is 709 g/mol. The number of non-ortho nitro benzene ring substituents is 2. The number of likely N-dealkylation sites (N-methyl/N-ethyl adjacent to an activating group) is 1. The summed E-state index contributed by atoms with van der Waals surface area (Å²) >= 11 is 0. The highest BCUT2D eigenvalue weighted by Gasteiger charge is 2.30. The third-order valence-corrected chi connectivity index (χ3v) is 9.18. The lowest BCUT2D eigenvalue weighted by atomic mass is 10.0. The van der Waals surface area contributed by atoms with Crippen LogP contribution in [-0.4, -0.2) is 90.8 Å². The van der Waals surface area contributed by atoms with Gasteiger partial charge in [0.25, 0.3) is 11.4 Å². The van der Waals surface area contributed by atoms with Gasteiger partial charge in [-0.15, -0.1) is 0 Å². The van der Waals surface area contributed by atoms with Gasteiger partial charge < -0.3 is 27.9 Å². The molecule has 0 amide bonds. The molecule has 14 heteroatoms. The average Bonchev–Trinajstić information content (AvgIpc) is 3.11. The number of carbonyl (C=O) groups excluding carboxylic acids is 2. The predicted octanol–water partition coefficient (Wildman–Crippen LogP) is 6.30. The van der Waals surface area contributed by atoms with Crippen molar-refractivity contribution >= 4 is 23.5 Å². The van der Waals surface area contributed by atoms with Crippen molar-refractivity contribution in [2.45, 2.75) is 51.7 Å². The molecule has 0 bridgehead atoms. The van der Waals surface area contributed by atoms with Crippen molar-refractivity contribution in [2.75, 3.05) is 59.8 Å². The molecule has 1 fully saturated rings. The molecular formula is C37H48N4O10+2. The molecule has 1 aliphatic heterocycles. The molecule has 14 nitrogen and oxygen atoms in total. The minimum Gasteiger partial charge on any atom is -0.432 e. The van der Waals surface area contributed by atoms with Gasteiger partial charge in [-0.25, -0.2) is 4.79 Å². The molecule has 51 heavy (non-hydrogen) atoms. The summed E-state index contributed by atoms with van der Waals surface area (Å²) in [5, 5.41) is 22.1. The molecule has 0 N–H and O–H groups in total. The highest BCUT2D eigenvalue weighted by atomic mass is 16.8. The van der Waals surface area contributed by atoms with Gasteiger partial charge in [0.2, 0.25) is 6.79 Å². The zero-order chi connectivity index (χ0) is 36.5. The normalized spacial score (nSPS) is 14.9. The summed E-state index contributed by atoms with van der Waals surface area (Å²) in [5.41, 5.74) is 3.27. The number of rotatable bonds is 20. The van der Waals surface area contributed by atoms with Crippen molar-refractivity contribution in [1.82, 2.24) is 0 Å². The first-order valence-electron chi connectivity index (χ1n) is 17.3. The zero-order valence-electron chi connectivity index (χ0n) is 29.2. The number of quaternary nitrogens is 2. The maximum absolute atomic E-state index is 12.3. The second-order valence-corrected chi connectivity index (χ2v) is 13.3. The third-order valence-electron chi connectivity index (χ3n) is 9.18. The fraction of sp³-hybridized carbons (Fsp3) is 0.459. The molecular weight excluding hydrogens is 660 g/mol. The number of piperidine rings is 1. The smallest absolute Gasteiger partial charge is 0.432 e. The van der Waals surface area contributed by atoms with Gasteiger partial charge in [0, 0.05) is 47.4 Å². The van der Waals surface area contributed by atoms with E-state index in [4.69, 9.17) is 18.9 Å². The first-order valence-corrected chi connectivity index (χ1v) is 17.3. The second-order valence-electron chi connectivity index (χ2n) is 13.3. The molecule has 0 radical (unpaired) electrons. The quantitative estimate of drug-likeness (QED) is 0.0326. The molecule has 1 aliphatic rings. The molecule has 1 unspecified atom stereocenters. The monoisotopic (exact) mass is 708 g/mol. The van der Waals surface area contributed by atoms with Gasteiger partial charge in [-0.05, 0) is 43.5 Å². The first-order chi connectivity index (χ1) is 24.5. The van der Waals surface area contributed by atoms with Crippen molar-refractivity contribution in [2.24, 2.45) is 0 Å². The van der Waals surface area contributed by atoms with E-state index in [1.54, 1.807) is 24.3 Å². The number of nitro benzene ring substituents is 2. The van der Waals surface area contributed by atoms with Crippen LogP contribution >= 0.6 is 0 Å². The Bertz CT molecular complexity index is 1560. The standard InChI is InChI=1S/C37H48N4O10/c1-40(27-31-9-4-2-5-10-31,28-32-12-16-34(17-13-32)38(44)45)23-24-48-25-26-49-37(43)51-30-50-36(42)11-8-22-41(20-6-3-7-21-41)29-33-14-18-35(19-15-33)39(46)47/h2,4-5,9-10,12-19H,3,6-8,11,20-30H2,1H3/q+2. The number of carbonyl (C=O) groups is 2. The van der Waals surface area contributed by atoms with Crippen molar-refractivity contribution in [1.29, 1.82) is 0 Å². The summed E-state index contributed by atoms with van der Waals surface area (Å²) in [7, 11) is 2.10. The van der Waals surface area contributed by atoms with Crippen LogP contribution in [0.2, 0.25) is 0 Å². The summed E-state index contributed by atoms with van der Waals surface area (Å²) in [6.07, 6.45) is 3.17. The zero-order valence-corrected chi connectivity index (χ0v) is 29.2. The number of nitrogens with zero attached hydrogens (tertiary/aromatic N) is 4. The molecule has 4 rings (SSSR count). The van der Waals surface area contributed by atoms with Gasteiger partial charge in [0.1, 0.15) is 32.8 Å². The van der Waals surface area contributed by atoms with Crippen molar-refractivity contribution < 1.29 is 47.3 Å². The maximum atomic E-state index is 12.3. The third kappa shape index (κ3) is 13.4. The van der Waals surface area contributed by atoms with Crippen LogP contribution in [0.15, 0.2) is 78.9 Å². The van der Waals surface area contributed by atoms with E-state index in [9.17, 15) is 29.8 Å². The van der Waals surface area contributed by atoms with Crippen LogP contribution in [0.1, 0.15) is 48.8 Å². The lowest BCUT2D eigenvalue weighted by molar-refractivity contribution is -0.945. The molecule has 3 aromatic carbocycles. The van der Waals surface area contributed by atoms with Gasteiger partial charge in [-0.1, -0.05) is 30.3 Å². The first kappa shape index (κ1) is 38.9. The van der Waals surface area contributed by atoms with Gasteiger partial charge in [0.15, 0.2) is 0 Å². The topological polar surface area (TPSA) is 157 Å². The lowest BCUT2D eigenvalue weighted by Gasteiger charge is -2.41. The summed E-state index contributed by atoms with van der Waals surface area (Å²) in [6.45, 7) is 5.46. The van der Waals surface area contributed by atoms with Crippen molar-refractivity contribution in [3.05, 3.63) is 116 Å². The molecule has 1 saturated heterocycles. The van der Waals surface area contributed by atoms with Crippen molar-refractivity contribution in [3.8, 4) is 0 Å². The Morgan fingerprint density at radius 3 is 1.92 bits per heavy atom. The van der Waals surface area contributed by atoms with Crippen LogP contribution < -0.4 is 0 Å². The molecule has 1 heterocycles. The maximum Gasteiger partial charge on any atom is 0.511 e. The van der Waals surface area contributed by atoms with E-state index >= 15 is 0 Å². The SMILES string of the molecule is C[N+](CCOCCOC(=O)OCOC(=O)CCC[N+]1(Cc2ccc([N+](=O)[O-])cc2)CCCCC1)(Cc1ccccc1)Cc1ccc([N+](=O)[O-])cc1. The summed E-state index contributed by atoms with van der Waals surface area (Å²) in [5.74, 6) is -0.470. The van der Waals surface area contributed by atoms with Crippen LogP contribution in [0, 0.1) is 20.2 Å². The Balaban J connectivity index is 1.11. The lowest BCUT2D eigenvalue weighted by Crippen LogP contribution is -2.51. The molecule has 0 aromatic heterocycles. The molecule has 3 aromatic rings. The Labute approximate surface area is 297 Å². The van der Waals surface area contributed by atoms with Gasteiger partial charge >= 0.3 is 12.1 Å². The van der Waals surface area contributed by atoms with E-state index in [2.05, 4.69) is 19.2 Å². The number of hydrogen-bond acceptors (Lipinski definition) is 10. The van der Waals surface area contributed by atoms with E-state index in [0.29, 0.717) is 30.6 Å². The molecule has 0 spiro atoms. The van der Waals surface area contributed by atoms with Crippen LogP contribution in [0.4, 0.5) is 16.2 Å². The minimum absolute atomic E-state index is 0.0354. The van der Waals surface area contributed by atoms with Gasteiger partial charge in [-0.2, -0.15) is 0 Å². The number of benzene rings is 3. The summed E-state index contributed by atoms with van der Waals surface area (Å²) < 4.78 is 22.2. The number of ether oxygens (including phenoxy) is 4. The number of likely N-dealkylation sites (tertiary alicyclic amines) is 1. The van der Waals surface area contributed by atoms with Gasteiger partial charge in [0.05, 0.1) is 56.2 Å². The highest BCUT2D eigenvalue weighted by molar-refractivity contribution is 5.69. The second kappa shape index (κ2) is 19.5. The summed E-state index contributed by atoms with van der Waals surface area (Å²) in [6, 6.07) is 23.3. The highest BCUT2D eigenvalue weighted by Crippen LogP contribution is 2.25. The van der Waals surface area contributed by atoms with Crippen LogP contribution in [0.25, 0.3) is 0 Å². The van der Waals surface area contributed by atoms with E-state index in [-0.39, 0.29) is 31.0 Å². The largest absolute Gasteiger partial charge is 0.511 e.